The predicted octanol–water partition coefficient (Wildman–Crippen LogP) is 0.671. The van der Waals surface area contributed by atoms with Gasteiger partial charge in [0, 0.05) is 44.7 Å². The molecule has 100 valence electrons. The molecule has 0 aromatic rings. The number of nitrogens with zero attached hydrogens (tertiary/aromatic N) is 1. The second-order valence-electron chi connectivity index (χ2n) is 2.76. The number of hydrogen-bond acceptors (Lipinski definition) is 4. The Morgan fingerprint density at radius 3 is 2.31 bits per heavy atom. The van der Waals surface area contributed by atoms with Gasteiger partial charge in [0.05, 0.1) is 0 Å². The van der Waals surface area contributed by atoms with Crippen LogP contribution in [-0.2, 0) is 9.53 Å². The van der Waals surface area contributed by atoms with E-state index in [1.54, 1.807) is 0 Å². The summed E-state index contributed by atoms with van der Waals surface area (Å²) in [6.45, 7) is 6.69. The van der Waals surface area contributed by atoms with Gasteiger partial charge in [-0.15, -0.1) is 0 Å². The van der Waals surface area contributed by atoms with Gasteiger partial charge in [-0.05, 0) is 34.0 Å². The van der Waals surface area contributed by atoms with E-state index in [2.05, 4.69) is 27.3 Å². The van der Waals surface area contributed by atoms with Gasteiger partial charge in [-0.3, -0.25) is 0 Å². The predicted molar refractivity (Wildman–Crippen MR) is 62.6 cm³/mol. The van der Waals surface area contributed by atoms with Crippen LogP contribution < -0.4 is 10.6 Å². The molecule has 0 spiro atoms. The molecule has 0 amide bonds. The zero-order valence-corrected chi connectivity index (χ0v) is 12.4. The first-order valence-corrected chi connectivity index (χ1v) is 5.17. The number of rotatable bonds is 5. The molecular weight excluding hydrogens is 357 g/mol. The Morgan fingerprint density at radius 1 is 1.38 bits per heavy atom. The molecule has 0 atom stereocenters. The van der Waals surface area contributed by atoms with Crippen molar-refractivity contribution in [2.24, 2.45) is 4.99 Å². The van der Waals surface area contributed by atoms with Crippen molar-refractivity contribution < 1.29 is 47.7 Å². The van der Waals surface area contributed by atoms with Crippen LogP contribution in [-0.4, -0.2) is 39.7 Å². The van der Waals surface area contributed by atoms with E-state index < -0.39 is 0 Å². The van der Waals surface area contributed by atoms with Crippen molar-refractivity contribution in [3.8, 4) is 0 Å². The summed E-state index contributed by atoms with van der Waals surface area (Å²) in [4.78, 5) is 13.9. The zero-order chi connectivity index (χ0) is 11.9. The van der Waals surface area contributed by atoms with E-state index in [0.717, 1.165) is 12.8 Å². The monoisotopic (exact) mass is 380 g/mol. The molecule has 0 aliphatic rings. The molecule has 0 aliphatic carbocycles. The van der Waals surface area contributed by atoms with E-state index >= 15 is 0 Å². The smallest absolute Gasteiger partial charge is 0.172 e. The maximum absolute atomic E-state index is 9.85. The number of amidine groups is 1. The fourth-order valence-electron chi connectivity index (χ4n) is 0.654. The Morgan fingerprint density at radius 2 is 1.94 bits per heavy atom. The van der Waals surface area contributed by atoms with Gasteiger partial charge in [0.15, 0.2) is 6.47 Å². The molecule has 0 unspecified atom stereocenters. The summed E-state index contributed by atoms with van der Waals surface area (Å²) in [6.07, 6.45) is 2.07. The van der Waals surface area contributed by atoms with Gasteiger partial charge in [-0.1, -0.05) is 13.3 Å². The first kappa shape index (κ1) is 21.5. The largest absolute Gasteiger partial charge is 0.584 e. The van der Waals surface area contributed by atoms with Crippen molar-refractivity contribution in [3.05, 3.63) is 0 Å². The fraction of sp³-hybridized carbons (Fsp3) is 0.800. The average Bonchev–Trinajstić information content (AvgIpc) is 2.20. The third kappa shape index (κ3) is 19.7. The number of ether oxygens (including phenoxy) is 1. The van der Waals surface area contributed by atoms with Gasteiger partial charge in [0.25, 0.3) is 0 Å². The van der Waals surface area contributed by atoms with Gasteiger partial charge in [0.1, 0.15) is 6.02 Å². The second kappa shape index (κ2) is 20.6. The number of nitrogens with one attached hydrogen (secondary N) is 2. The Hall–Kier alpha value is 0.173. The van der Waals surface area contributed by atoms with Crippen LogP contribution in [0.4, 0.5) is 0 Å². The topological polar surface area (TPSA) is 62.7 Å². The van der Waals surface area contributed by atoms with Crippen LogP contribution in [0.1, 0.15) is 26.7 Å². The number of carbonyl (C=O) groups excluding carboxylic acids is 1. The average molecular weight is 379 g/mol. The molecule has 0 bridgehead atoms. The fourth-order valence-corrected chi connectivity index (χ4v) is 0.654. The maximum atomic E-state index is 9.85. The summed E-state index contributed by atoms with van der Waals surface area (Å²) in [5.74, 6) is 0. The maximum Gasteiger partial charge on any atom is 0.172 e. The van der Waals surface area contributed by atoms with Crippen molar-refractivity contribution in [1.29, 1.82) is 0 Å². The Bertz CT molecular complexity index is 166. The van der Waals surface area contributed by atoms with Gasteiger partial charge >= 0.3 is 0 Å². The van der Waals surface area contributed by atoms with Crippen molar-refractivity contribution in [2.45, 2.75) is 26.7 Å². The van der Waals surface area contributed by atoms with Crippen molar-refractivity contribution in [2.75, 3.05) is 27.2 Å². The Kier molecular flexibility index (Phi) is 27.6. The quantitative estimate of drug-likeness (QED) is 0.319. The van der Waals surface area contributed by atoms with E-state index in [4.69, 9.17) is 0 Å². The molecule has 0 saturated carbocycles. The summed E-state index contributed by atoms with van der Waals surface area (Å²) in [5, 5.41) is 5.56. The van der Waals surface area contributed by atoms with Crippen LogP contribution in [0, 0.1) is 38.2 Å². The van der Waals surface area contributed by atoms with Crippen LogP contribution >= 0.6 is 0 Å². The van der Waals surface area contributed by atoms with E-state index in [0.29, 0.717) is 13.1 Å². The van der Waals surface area contributed by atoms with Gasteiger partial charge in [-0.25, -0.2) is 0 Å². The van der Waals surface area contributed by atoms with Crippen LogP contribution in [0.15, 0.2) is 4.99 Å². The molecular formula is C10H22DyN3O2-. The SMILES string of the molecule is CCCCN=C(NCC)O[C-]=O.CNC.[Dy]. The van der Waals surface area contributed by atoms with Gasteiger partial charge in [-0.2, -0.15) is 0 Å². The summed E-state index contributed by atoms with van der Waals surface area (Å²) < 4.78 is 4.46. The van der Waals surface area contributed by atoms with E-state index in [9.17, 15) is 4.79 Å². The van der Waals surface area contributed by atoms with Crippen molar-refractivity contribution in [1.82, 2.24) is 10.6 Å². The molecule has 0 heterocycles. The van der Waals surface area contributed by atoms with E-state index in [1.807, 2.05) is 21.0 Å². The molecule has 0 radical (unpaired) electrons. The normalized spacial score (nSPS) is 9.38. The van der Waals surface area contributed by atoms with Crippen LogP contribution in [0.2, 0.25) is 0 Å². The molecule has 0 saturated heterocycles. The molecule has 2 N–H and O–H groups in total. The molecule has 6 heteroatoms. The minimum atomic E-state index is 0. The second-order valence-corrected chi connectivity index (χ2v) is 2.76. The van der Waals surface area contributed by atoms with E-state index in [1.165, 1.54) is 6.47 Å². The number of aliphatic imine (C=N–C) groups is 1. The van der Waals surface area contributed by atoms with Gasteiger partial charge in [0.2, 0.25) is 0 Å². The molecule has 0 aromatic carbocycles. The molecule has 0 aromatic heterocycles. The van der Waals surface area contributed by atoms with Crippen LogP contribution in [0.5, 0.6) is 0 Å². The molecule has 5 nitrogen and oxygen atoms in total. The summed E-state index contributed by atoms with van der Waals surface area (Å²) in [7, 11) is 3.75. The zero-order valence-electron chi connectivity index (χ0n) is 10.4. The summed E-state index contributed by atoms with van der Waals surface area (Å²) in [6, 6.07) is 0.265. The Balaban J connectivity index is -0.000000377. The van der Waals surface area contributed by atoms with Crippen molar-refractivity contribution in [3.63, 3.8) is 0 Å². The third-order valence-corrected chi connectivity index (χ3v) is 1.23. The summed E-state index contributed by atoms with van der Waals surface area (Å²) in [5.41, 5.74) is 0. The molecule has 0 rings (SSSR count). The molecule has 16 heavy (non-hydrogen) atoms. The third-order valence-electron chi connectivity index (χ3n) is 1.23. The minimum Gasteiger partial charge on any atom is -0.584 e. The molecule has 0 fully saturated rings. The van der Waals surface area contributed by atoms with Crippen LogP contribution in [0.3, 0.4) is 0 Å². The van der Waals surface area contributed by atoms with E-state index in [-0.39, 0.29) is 44.2 Å². The first-order valence-electron chi connectivity index (χ1n) is 5.17. The van der Waals surface area contributed by atoms with Crippen molar-refractivity contribution >= 4 is 12.5 Å². The number of unbranched alkanes of at least 4 members (excludes halogenated alkanes) is 1. The number of hydrogen-bond donors (Lipinski definition) is 2. The standard InChI is InChI=1S/C8H15N2O2.C2H7N.Dy/c1-3-5-6-10-8(9-4-2)12-7-11;1-3-2;/h3-6H2,1-2H3,(H,9,10);3H,1-2H3;/q-1;;. The molecule has 0 aliphatic heterocycles. The van der Waals surface area contributed by atoms with Crippen LogP contribution in [0.25, 0.3) is 0 Å². The minimum absolute atomic E-state index is 0. The Labute approximate surface area is 129 Å². The first-order chi connectivity index (χ1) is 7.26. The summed E-state index contributed by atoms with van der Waals surface area (Å²) >= 11 is 0. The van der Waals surface area contributed by atoms with Gasteiger partial charge < -0.3 is 25.2 Å².